The van der Waals surface area contributed by atoms with Gasteiger partial charge in [0.2, 0.25) is 10.0 Å². The largest absolute Gasteiger partial charge is 0.316 e. The van der Waals surface area contributed by atoms with Gasteiger partial charge >= 0.3 is 0 Å². The number of rotatable bonds is 8. The third kappa shape index (κ3) is 4.74. The molecular weight excluding hydrogens is 414 g/mol. The molecule has 1 aromatic heterocycles. The molecule has 0 bridgehead atoms. The fourth-order valence-electron chi connectivity index (χ4n) is 3.33. The number of sulfonamides is 1. The molecule has 7 heteroatoms. The van der Waals surface area contributed by atoms with E-state index in [-0.39, 0.29) is 0 Å². The first-order chi connectivity index (χ1) is 14.4. The van der Waals surface area contributed by atoms with Gasteiger partial charge in [-0.2, -0.15) is 4.31 Å². The van der Waals surface area contributed by atoms with Crippen LogP contribution in [0.5, 0.6) is 0 Å². The normalized spacial score (nSPS) is 12.6. The third-order valence-electron chi connectivity index (χ3n) is 5.00. The Morgan fingerprint density at radius 3 is 2.17 bits per heavy atom. The van der Waals surface area contributed by atoms with Crippen LogP contribution in [0.15, 0.2) is 63.8 Å². The zero-order valence-electron chi connectivity index (χ0n) is 18.0. The van der Waals surface area contributed by atoms with Crippen molar-refractivity contribution >= 4 is 27.0 Å². The summed E-state index contributed by atoms with van der Waals surface area (Å²) in [6, 6.07) is 15.4. The summed E-state index contributed by atoms with van der Waals surface area (Å²) >= 11 is 1.60. The average molecular weight is 444 g/mol. The molecule has 1 heterocycles. The summed E-state index contributed by atoms with van der Waals surface area (Å²) in [5, 5.41) is 2.09. The number of hydrogen-bond acceptors (Lipinski definition) is 4. The Kier molecular flexibility index (Phi) is 7.28. The van der Waals surface area contributed by atoms with Gasteiger partial charge in [0.15, 0.2) is 4.80 Å². The minimum Gasteiger partial charge on any atom is -0.316 e. The molecule has 30 heavy (non-hydrogen) atoms. The first-order valence-electron chi connectivity index (χ1n) is 10.3. The number of thiazole rings is 1. The number of aromatic nitrogens is 1. The van der Waals surface area contributed by atoms with Crippen molar-refractivity contribution in [3.05, 3.63) is 64.3 Å². The van der Waals surface area contributed by atoms with E-state index in [0.29, 0.717) is 18.0 Å². The summed E-state index contributed by atoms with van der Waals surface area (Å²) in [5.74, 6) is 0. The minimum atomic E-state index is -3.45. The Balaban J connectivity index is 2.00. The van der Waals surface area contributed by atoms with Crippen molar-refractivity contribution in [3.63, 3.8) is 0 Å². The summed E-state index contributed by atoms with van der Waals surface area (Å²) in [7, 11) is -3.45. The summed E-state index contributed by atoms with van der Waals surface area (Å²) < 4.78 is 29.2. The van der Waals surface area contributed by atoms with Crippen molar-refractivity contribution in [1.29, 1.82) is 0 Å². The van der Waals surface area contributed by atoms with Crippen molar-refractivity contribution in [2.45, 2.75) is 45.6 Å². The molecule has 0 saturated heterocycles. The molecule has 0 N–H and O–H groups in total. The summed E-state index contributed by atoms with van der Waals surface area (Å²) in [4.78, 5) is 6.10. The zero-order chi connectivity index (χ0) is 21.7. The molecular formula is C23H29N3O2S2. The Bertz CT molecular complexity index is 1140. The first-order valence-corrected chi connectivity index (χ1v) is 12.6. The van der Waals surface area contributed by atoms with Gasteiger partial charge in [-0.15, -0.1) is 11.3 Å². The van der Waals surface area contributed by atoms with Crippen LogP contribution in [0.1, 0.15) is 32.8 Å². The molecule has 3 aromatic rings. The molecule has 0 fully saturated rings. The van der Waals surface area contributed by atoms with Crippen molar-refractivity contribution < 1.29 is 8.42 Å². The fourth-order valence-corrected chi connectivity index (χ4v) is 5.74. The van der Waals surface area contributed by atoms with Crippen molar-refractivity contribution in [3.8, 4) is 11.3 Å². The van der Waals surface area contributed by atoms with E-state index in [9.17, 15) is 8.42 Å². The molecule has 5 nitrogen and oxygen atoms in total. The second kappa shape index (κ2) is 9.73. The van der Waals surface area contributed by atoms with Gasteiger partial charge in [0.25, 0.3) is 0 Å². The van der Waals surface area contributed by atoms with Crippen LogP contribution in [0.25, 0.3) is 11.3 Å². The number of hydrogen-bond donors (Lipinski definition) is 0. The van der Waals surface area contributed by atoms with Crippen molar-refractivity contribution in [2.75, 3.05) is 13.1 Å². The smallest absolute Gasteiger partial charge is 0.243 e. The van der Waals surface area contributed by atoms with E-state index >= 15 is 0 Å². The average Bonchev–Trinajstić information content (AvgIpc) is 3.13. The third-order valence-corrected chi connectivity index (χ3v) is 7.92. The monoisotopic (exact) mass is 443 g/mol. The lowest BCUT2D eigenvalue weighted by molar-refractivity contribution is 0.445. The maximum absolute atomic E-state index is 12.8. The Morgan fingerprint density at radius 1 is 0.967 bits per heavy atom. The fraction of sp³-hybridized carbons (Fsp3) is 0.348. The van der Waals surface area contributed by atoms with Crippen LogP contribution in [0.3, 0.4) is 0 Å². The van der Waals surface area contributed by atoms with Gasteiger partial charge in [-0.1, -0.05) is 50.6 Å². The van der Waals surface area contributed by atoms with E-state index in [1.165, 1.54) is 9.87 Å². The molecule has 160 valence electrons. The molecule has 3 rings (SSSR count). The Morgan fingerprint density at radius 2 is 1.60 bits per heavy atom. The highest BCUT2D eigenvalue weighted by Gasteiger charge is 2.21. The summed E-state index contributed by atoms with van der Waals surface area (Å²) in [5.41, 5.74) is 4.18. The van der Waals surface area contributed by atoms with E-state index < -0.39 is 10.0 Å². The van der Waals surface area contributed by atoms with Crippen molar-refractivity contribution in [1.82, 2.24) is 8.87 Å². The lowest BCUT2D eigenvalue weighted by Crippen LogP contribution is -2.30. The van der Waals surface area contributed by atoms with Gasteiger partial charge in [-0.3, -0.25) is 0 Å². The standard InChI is InChI=1S/C23H29N3O2S2/c1-5-16-26-22(17-29-23(26)24-20-12-8-18(4)9-13-20)19-10-14-21(15-11-19)30(27,28)25(6-2)7-3/h8-15,17H,5-7,16H2,1-4H3. The zero-order valence-corrected chi connectivity index (χ0v) is 19.6. The quantitative estimate of drug-likeness (QED) is 0.481. The van der Waals surface area contributed by atoms with Crippen LogP contribution in [-0.2, 0) is 16.6 Å². The summed E-state index contributed by atoms with van der Waals surface area (Å²) in [6.45, 7) is 9.69. The van der Waals surface area contributed by atoms with Gasteiger partial charge in [-0.25, -0.2) is 13.4 Å². The van der Waals surface area contributed by atoms with Crippen LogP contribution >= 0.6 is 11.3 Å². The molecule has 2 aromatic carbocycles. The predicted molar refractivity (Wildman–Crippen MR) is 125 cm³/mol. The molecule has 0 atom stereocenters. The number of aryl methyl sites for hydroxylation is 1. The van der Waals surface area contributed by atoms with Crippen LogP contribution in [0, 0.1) is 6.92 Å². The molecule has 0 aliphatic carbocycles. The van der Waals surface area contributed by atoms with Gasteiger partial charge in [0.1, 0.15) is 0 Å². The van der Waals surface area contributed by atoms with Gasteiger partial charge in [0.05, 0.1) is 16.3 Å². The Hall–Kier alpha value is -2.22. The maximum Gasteiger partial charge on any atom is 0.243 e. The molecule has 0 spiro atoms. The number of nitrogens with zero attached hydrogens (tertiary/aromatic N) is 3. The number of benzene rings is 2. The van der Waals surface area contributed by atoms with Crippen LogP contribution in [0.4, 0.5) is 5.69 Å². The van der Waals surface area contributed by atoms with Crippen LogP contribution in [-0.4, -0.2) is 30.4 Å². The highest BCUT2D eigenvalue weighted by molar-refractivity contribution is 7.89. The van der Waals surface area contributed by atoms with E-state index in [2.05, 4.69) is 35.9 Å². The SMILES string of the molecule is CCCn1c(-c2ccc(S(=O)(=O)N(CC)CC)cc2)csc1=Nc1ccc(C)cc1. The van der Waals surface area contributed by atoms with E-state index in [0.717, 1.165) is 34.7 Å². The molecule has 0 aliphatic heterocycles. The summed E-state index contributed by atoms with van der Waals surface area (Å²) in [6.07, 6.45) is 0.985. The predicted octanol–water partition coefficient (Wildman–Crippen LogP) is 5.20. The van der Waals surface area contributed by atoms with Gasteiger partial charge < -0.3 is 4.57 Å². The first kappa shape index (κ1) is 22.5. The lowest BCUT2D eigenvalue weighted by atomic mass is 10.2. The lowest BCUT2D eigenvalue weighted by Gasteiger charge is -2.18. The van der Waals surface area contributed by atoms with Crippen molar-refractivity contribution in [2.24, 2.45) is 4.99 Å². The van der Waals surface area contributed by atoms with Crippen LogP contribution in [0.2, 0.25) is 0 Å². The van der Waals surface area contributed by atoms with E-state index in [4.69, 9.17) is 4.99 Å². The minimum absolute atomic E-state index is 0.330. The molecule has 0 amide bonds. The maximum atomic E-state index is 12.8. The molecule has 0 radical (unpaired) electrons. The highest BCUT2D eigenvalue weighted by atomic mass is 32.2. The molecule has 0 saturated carbocycles. The second-order valence-corrected chi connectivity index (χ2v) is 9.89. The highest BCUT2D eigenvalue weighted by Crippen LogP contribution is 2.24. The van der Waals surface area contributed by atoms with E-state index in [1.54, 1.807) is 23.5 Å². The van der Waals surface area contributed by atoms with Gasteiger partial charge in [-0.05, 0) is 43.2 Å². The second-order valence-electron chi connectivity index (χ2n) is 7.12. The molecule has 0 unspecified atom stereocenters. The van der Waals surface area contributed by atoms with E-state index in [1.807, 2.05) is 38.1 Å². The van der Waals surface area contributed by atoms with Crippen LogP contribution < -0.4 is 4.80 Å². The Labute approximate surface area is 183 Å². The molecule has 0 aliphatic rings. The van der Waals surface area contributed by atoms with Gasteiger partial charge in [0, 0.05) is 25.0 Å². The topological polar surface area (TPSA) is 54.7 Å².